The standard InChI is InChI=1S/C25H27NO5/c1-6-31-21-13-12-18(15-22(21)29-4)14-20-23(25(28)30-5)17(3)26(24(20)27)16(2)19-10-8-7-9-11-19/h7-16H,6H2,1-5H3/b20-14-/t16-/m0/s1. The molecule has 0 aliphatic carbocycles. The summed E-state index contributed by atoms with van der Waals surface area (Å²) in [4.78, 5) is 27.7. The lowest BCUT2D eigenvalue weighted by Crippen LogP contribution is -2.28. The summed E-state index contributed by atoms with van der Waals surface area (Å²) in [6.45, 7) is 6.11. The summed E-state index contributed by atoms with van der Waals surface area (Å²) >= 11 is 0. The maximum absolute atomic E-state index is 13.4. The van der Waals surface area contributed by atoms with Crippen LogP contribution in [0, 0.1) is 0 Å². The number of rotatable bonds is 7. The molecular formula is C25H27NO5. The molecule has 0 spiro atoms. The van der Waals surface area contributed by atoms with Crippen LogP contribution in [0.15, 0.2) is 65.4 Å². The van der Waals surface area contributed by atoms with Crippen LogP contribution < -0.4 is 9.47 Å². The van der Waals surface area contributed by atoms with E-state index < -0.39 is 5.97 Å². The minimum atomic E-state index is -0.544. The van der Waals surface area contributed by atoms with Crippen molar-refractivity contribution in [1.29, 1.82) is 0 Å². The summed E-state index contributed by atoms with van der Waals surface area (Å²) in [5.74, 6) is 0.375. The zero-order valence-electron chi connectivity index (χ0n) is 18.5. The summed E-state index contributed by atoms with van der Waals surface area (Å²) in [6.07, 6.45) is 1.69. The lowest BCUT2D eigenvalue weighted by molar-refractivity contribution is -0.136. The second-order valence-corrected chi connectivity index (χ2v) is 7.12. The number of hydrogen-bond acceptors (Lipinski definition) is 5. The number of esters is 1. The lowest BCUT2D eigenvalue weighted by atomic mass is 10.0. The van der Waals surface area contributed by atoms with Crippen molar-refractivity contribution in [2.45, 2.75) is 26.8 Å². The van der Waals surface area contributed by atoms with Gasteiger partial charge in [0.1, 0.15) is 0 Å². The van der Waals surface area contributed by atoms with Crippen LogP contribution in [0.1, 0.15) is 37.9 Å². The van der Waals surface area contributed by atoms with E-state index in [4.69, 9.17) is 14.2 Å². The molecule has 0 N–H and O–H groups in total. The van der Waals surface area contributed by atoms with Gasteiger partial charge in [-0.2, -0.15) is 0 Å². The molecule has 6 nitrogen and oxygen atoms in total. The molecule has 0 aromatic heterocycles. The second kappa shape index (κ2) is 9.51. The van der Waals surface area contributed by atoms with E-state index in [0.717, 1.165) is 5.56 Å². The zero-order chi connectivity index (χ0) is 22.5. The molecule has 1 amide bonds. The second-order valence-electron chi connectivity index (χ2n) is 7.12. The molecule has 31 heavy (non-hydrogen) atoms. The first kappa shape index (κ1) is 22.2. The normalized spacial score (nSPS) is 16.0. The van der Waals surface area contributed by atoms with Gasteiger partial charge < -0.3 is 19.1 Å². The number of carbonyl (C=O) groups is 2. The van der Waals surface area contributed by atoms with Gasteiger partial charge in [-0.1, -0.05) is 36.4 Å². The maximum atomic E-state index is 13.4. The van der Waals surface area contributed by atoms with Crippen molar-refractivity contribution in [3.63, 3.8) is 0 Å². The summed E-state index contributed by atoms with van der Waals surface area (Å²) in [5, 5.41) is 0. The molecule has 1 atom stereocenters. The molecule has 2 aromatic carbocycles. The first-order chi connectivity index (χ1) is 14.9. The highest BCUT2D eigenvalue weighted by molar-refractivity contribution is 6.16. The SMILES string of the molecule is CCOc1ccc(/C=C2\C(=O)N([C@@H](C)c3ccccc3)C(C)=C2C(=O)OC)cc1OC. The smallest absolute Gasteiger partial charge is 0.340 e. The van der Waals surface area contributed by atoms with Crippen molar-refractivity contribution >= 4 is 18.0 Å². The molecule has 1 aliphatic rings. The first-order valence-corrected chi connectivity index (χ1v) is 10.1. The van der Waals surface area contributed by atoms with Crippen molar-refractivity contribution in [3.05, 3.63) is 76.5 Å². The summed E-state index contributed by atoms with van der Waals surface area (Å²) in [6, 6.07) is 14.8. The van der Waals surface area contributed by atoms with Crippen LogP contribution in [0.25, 0.3) is 6.08 Å². The summed E-state index contributed by atoms with van der Waals surface area (Å²) in [7, 11) is 2.87. The molecule has 3 rings (SSSR count). The Kier molecular flexibility index (Phi) is 6.80. The van der Waals surface area contributed by atoms with Crippen LogP contribution in [0.5, 0.6) is 11.5 Å². The predicted octanol–water partition coefficient (Wildman–Crippen LogP) is 4.53. The third-order valence-corrected chi connectivity index (χ3v) is 5.30. The molecule has 6 heteroatoms. The first-order valence-electron chi connectivity index (χ1n) is 10.1. The van der Waals surface area contributed by atoms with Gasteiger partial charge in [-0.25, -0.2) is 4.79 Å². The Morgan fingerprint density at radius 2 is 1.81 bits per heavy atom. The Balaban J connectivity index is 2.07. The number of benzene rings is 2. The van der Waals surface area contributed by atoms with Gasteiger partial charge in [0, 0.05) is 5.70 Å². The number of hydrogen-bond donors (Lipinski definition) is 0. The Morgan fingerprint density at radius 1 is 1.10 bits per heavy atom. The van der Waals surface area contributed by atoms with Crippen LogP contribution in [0.4, 0.5) is 0 Å². The number of nitrogens with zero attached hydrogens (tertiary/aromatic N) is 1. The van der Waals surface area contributed by atoms with Crippen LogP contribution in [-0.4, -0.2) is 37.6 Å². The summed E-state index contributed by atoms with van der Waals surface area (Å²) < 4.78 is 16.0. The molecule has 0 unspecified atom stereocenters. The number of amides is 1. The van der Waals surface area contributed by atoms with E-state index in [0.29, 0.717) is 34.9 Å². The Labute approximate surface area is 182 Å². The van der Waals surface area contributed by atoms with Crippen molar-refractivity contribution in [2.24, 2.45) is 0 Å². The minimum Gasteiger partial charge on any atom is -0.493 e. The van der Waals surface area contributed by atoms with Gasteiger partial charge in [-0.15, -0.1) is 0 Å². The van der Waals surface area contributed by atoms with E-state index in [2.05, 4.69) is 0 Å². The van der Waals surface area contributed by atoms with Gasteiger partial charge >= 0.3 is 5.97 Å². The lowest BCUT2D eigenvalue weighted by Gasteiger charge is -2.26. The number of ether oxygens (including phenoxy) is 3. The van der Waals surface area contributed by atoms with Crippen LogP contribution >= 0.6 is 0 Å². The number of carbonyl (C=O) groups excluding carboxylic acids is 2. The third-order valence-electron chi connectivity index (χ3n) is 5.30. The molecule has 0 saturated carbocycles. The van der Waals surface area contributed by atoms with Crippen molar-refractivity contribution in [2.75, 3.05) is 20.8 Å². The Hall–Kier alpha value is -3.54. The molecule has 0 saturated heterocycles. The molecular weight excluding hydrogens is 394 g/mol. The number of methoxy groups -OCH3 is 2. The van der Waals surface area contributed by atoms with Crippen LogP contribution in [-0.2, 0) is 14.3 Å². The molecule has 162 valence electrons. The predicted molar refractivity (Wildman–Crippen MR) is 119 cm³/mol. The molecule has 0 bridgehead atoms. The summed E-state index contributed by atoms with van der Waals surface area (Å²) in [5.41, 5.74) is 2.81. The average molecular weight is 421 g/mol. The maximum Gasteiger partial charge on any atom is 0.340 e. The Morgan fingerprint density at radius 3 is 2.42 bits per heavy atom. The highest BCUT2D eigenvalue weighted by Gasteiger charge is 2.39. The topological polar surface area (TPSA) is 65.1 Å². The molecule has 2 aromatic rings. The monoisotopic (exact) mass is 421 g/mol. The van der Waals surface area contributed by atoms with Gasteiger partial charge in [-0.3, -0.25) is 4.79 Å². The minimum absolute atomic E-state index is 0.242. The van der Waals surface area contributed by atoms with E-state index in [-0.39, 0.29) is 17.5 Å². The van der Waals surface area contributed by atoms with E-state index in [9.17, 15) is 9.59 Å². The van der Waals surface area contributed by atoms with Crippen molar-refractivity contribution in [1.82, 2.24) is 4.90 Å². The van der Waals surface area contributed by atoms with Gasteiger partial charge in [0.15, 0.2) is 11.5 Å². The van der Waals surface area contributed by atoms with E-state index in [1.807, 2.05) is 50.2 Å². The largest absolute Gasteiger partial charge is 0.493 e. The quantitative estimate of drug-likeness (QED) is 0.486. The van der Waals surface area contributed by atoms with E-state index >= 15 is 0 Å². The van der Waals surface area contributed by atoms with Crippen molar-refractivity contribution in [3.8, 4) is 11.5 Å². The van der Waals surface area contributed by atoms with Crippen LogP contribution in [0.3, 0.4) is 0 Å². The molecule has 0 radical (unpaired) electrons. The molecule has 1 aliphatic heterocycles. The van der Waals surface area contributed by atoms with Gasteiger partial charge in [0.2, 0.25) is 0 Å². The highest BCUT2D eigenvalue weighted by Crippen LogP contribution is 2.38. The Bertz CT molecular complexity index is 1040. The number of allylic oxidation sites excluding steroid dienone is 1. The van der Waals surface area contributed by atoms with E-state index in [1.54, 1.807) is 37.1 Å². The van der Waals surface area contributed by atoms with Crippen LogP contribution in [0.2, 0.25) is 0 Å². The van der Waals surface area contributed by atoms with Crippen molar-refractivity contribution < 1.29 is 23.8 Å². The fourth-order valence-corrected chi connectivity index (χ4v) is 3.76. The van der Waals surface area contributed by atoms with Gasteiger partial charge in [0.25, 0.3) is 5.91 Å². The highest BCUT2D eigenvalue weighted by atomic mass is 16.5. The molecule has 0 fully saturated rings. The third kappa shape index (κ3) is 4.33. The zero-order valence-corrected chi connectivity index (χ0v) is 18.5. The average Bonchev–Trinajstić information content (AvgIpc) is 3.03. The van der Waals surface area contributed by atoms with E-state index in [1.165, 1.54) is 7.11 Å². The van der Waals surface area contributed by atoms with Gasteiger partial charge in [0.05, 0.1) is 38.0 Å². The fraction of sp³-hybridized carbons (Fsp3) is 0.280. The fourth-order valence-electron chi connectivity index (χ4n) is 3.76. The van der Waals surface area contributed by atoms with Gasteiger partial charge in [-0.05, 0) is 50.1 Å². The molecule has 1 heterocycles.